The Morgan fingerprint density at radius 3 is 2.81 bits per heavy atom. The zero-order chi connectivity index (χ0) is 15.2. The second-order valence-electron chi connectivity index (χ2n) is 4.28. The van der Waals surface area contributed by atoms with E-state index < -0.39 is 5.97 Å². The molecule has 2 aromatic heterocycles. The SMILES string of the molecule is CC(NC(=O)CSc1ccc(C(=O)O)cn1)c1cccs1. The fraction of sp³-hybridized carbons (Fsp3) is 0.214. The highest BCUT2D eigenvalue weighted by Gasteiger charge is 2.11. The average molecular weight is 322 g/mol. The molecule has 0 saturated heterocycles. The van der Waals surface area contributed by atoms with Crippen LogP contribution in [-0.2, 0) is 4.79 Å². The van der Waals surface area contributed by atoms with E-state index in [1.807, 2.05) is 24.4 Å². The Kier molecular flexibility index (Phi) is 5.35. The van der Waals surface area contributed by atoms with Crippen LogP contribution in [0.1, 0.15) is 28.2 Å². The number of carbonyl (C=O) groups excluding carboxylic acids is 1. The summed E-state index contributed by atoms with van der Waals surface area (Å²) in [6, 6.07) is 6.99. The Balaban J connectivity index is 1.82. The standard InChI is InChI=1S/C14H14N2O3S2/c1-9(11-3-2-6-20-11)16-12(17)8-21-13-5-4-10(7-15-13)14(18)19/h2-7,9H,8H2,1H3,(H,16,17)(H,18,19). The van der Waals surface area contributed by atoms with Crippen molar-refractivity contribution in [2.24, 2.45) is 0 Å². The van der Waals surface area contributed by atoms with Crippen LogP contribution in [0.4, 0.5) is 0 Å². The minimum absolute atomic E-state index is 0.0135. The van der Waals surface area contributed by atoms with Crippen LogP contribution in [0.3, 0.4) is 0 Å². The summed E-state index contributed by atoms with van der Waals surface area (Å²) in [5.41, 5.74) is 0.134. The highest BCUT2D eigenvalue weighted by molar-refractivity contribution is 7.99. The smallest absolute Gasteiger partial charge is 0.337 e. The van der Waals surface area contributed by atoms with Crippen molar-refractivity contribution >= 4 is 35.0 Å². The molecule has 1 atom stereocenters. The van der Waals surface area contributed by atoms with Gasteiger partial charge >= 0.3 is 5.97 Å². The Morgan fingerprint density at radius 1 is 1.43 bits per heavy atom. The first-order chi connectivity index (χ1) is 10.1. The Bertz CT molecular complexity index is 612. The van der Waals surface area contributed by atoms with Gasteiger partial charge in [-0.05, 0) is 30.5 Å². The second-order valence-corrected chi connectivity index (χ2v) is 6.26. The summed E-state index contributed by atoms with van der Waals surface area (Å²) in [6.07, 6.45) is 1.29. The van der Waals surface area contributed by atoms with Gasteiger partial charge in [0.25, 0.3) is 0 Å². The summed E-state index contributed by atoms with van der Waals surface area (Å²) in [7, 11) is 0. The van der Waals surface area contributed by atoms with Gasteiger partial charge in [-0.3, -0.25) is 4.79 Å². The number of rotatable bonds is 6. The summed E-state index contributed by atoms with van der Waals surface area (Å²) >= 11 is 2.88. The molecular weight excluding hydrogens is 308 g/mol. The minimum Gasteiger partial charge on any atom is -0.478 e. The molecule has 0 bridgehead atoms. The summed E-state index contributed by atoms with van der Waals surface area (Å²) in [5.74, 6) is -0.846. The van der Waals surface area contributed by atoms with Gasteiger partial charge in [0.15, 0.2) is 0 Å². The van der Waals surface area contributed by atoms with Crippen molar-refractivity contribution in [3.8, 4) is 0 Å². The van der Waals surface area contributed by atoms with Crippen LogP contribution < -0.4 is 5.32 Å². The van der Waals surface area contributed by atoms with E-state index in [1.165, 1.54) is 24.0 Å². The molecular formula is C14H14N2O3S2. The molecule has 1 unspecified atom stereocenters. The number of pyridine rings is 1. The third-order valence-corrected chi connectivity index (χ3v) is 4.68. The lowest BCUT2D eigenvalue weighted by molar-refractivity contribution is -0.119. The molecule has 7 heteroatoms. The van der Waals surface area contributed by atoms with Gasteiger partial charge in [0, 0.05) is 11.1 Å². The van der Waals surface area contributed by atoms with Gasteiger partial charge in [-0.1, -0.05) is 17.8 Å². The van der Waals surface area contributed by atoms with Gasteiger partial charge in [-0.2, -0.15) is 0 Å². The van der Waals surface area contributed by atoms with E-state index in [0.29, 0.717) is 5.03 Å². The van der Waals surface area contributed by atoms with Crippen LogP contribution >= 0.6 is 23.1 Å². The van der Waals surface area contributed by atoms with E-state index >= 15 is 0 Å². The fourth-order valence-electron chi connectivity index (χ4n) is 1.62. The third kappa shape index (κ3) is 4.57. The first-order valence-electron chi connectivity index (χ1n) is 6.21. The van der Waals surface area contributed by atoms with Gasteiger partial charge < -0.3 is 10.4 Å². The molecule has 2 N–H and O–H groups in total. The Labute approximate surface area is 130 Å². The number of carbonyl (C=O) groups is 2. The van der Waals surface area contributed by atoms with Crippen molar-refractivity contribution in [2.45, 2.75) is 18.0 Å². The van der Waals surface area contributed by atoms with Gasteiger partial charge in [0.2, 0.25) is 5.91 Å². The molecule has 0 saturated carbocycles. The number of amides is 1. The molecule has 1 amide bonds. The van der Waals surface area contributed by atoms with Crippen LogP contribution in [0.2, 0.25) is 0 Å². The van der Waals surface area contributed by atoms with Gasteiger partial charge in [0.05, 0.1) is 22.4 Å². The molecule has 2 heterocycles. The maximum atomic E-state index is 11.8. The maximum Gasteiger partial charge on any atom is 0.337 e. The molecule has 0 aromatic carbocycles. The number of thiophene rings is 1. The summed E-state index contributed by atoms with van der Waals surface area (Å²) in [5, 5.41) is 14.3. The van der Waals surface area contributed by atoms with Crippen LogP contribution in [0.5, 0.6) is 0 Å². The quantitative estimate of drug-likeness (QED) is 0.800. The van der Waals surface area contributed by atoms with E-state index in [1.54, 1.807) is 17.4 Å². The Morgan fingerprint density at radius 2 is 2.24 bits per heavy atom. The van der Waals surface area contributed by atoms with Gasteiger partial charge in [-0.25, -0.2) is 9.78 Å². The highest BCUT2D eigenvalue weighted by atomic mass is 32.2. The van der Waals surface area contributed by atoms with Crippen molar-refractivity contribution in [2.75, 3.05) is 5.75 Å². The normalized spacial score (nSPS) is 11.9. The van der Waals surface area contributed by atoms with Crippen LogP contribution in [-0.4, -0.2) is 27.7 Å². The molecule has 0 aliphatic heterocycles. The number of hydrogen-bond donors (Lipinski definition) is 2. The summed E-state index contributed by atoms with van der Waals surface area (Å²) in [6.45, 7) is 1.94. The molecule has 5 nitrogen and oxygen atoms in total. The molecule has 0 fully saturated rings. The Hall–Kier alpha value is -1.86. The van der Waals surface area contributed by atoms with Crippen LogP contribution in [0.25, 0.3) is 0 Å². The molecule has 21 heavy (non-hydrogen) atoms. The predicted molar refractivity (Wildman–Crippen MR) is 82.8 cm³/mol. The number of aromatic carboxylic acids is 1. The van der Waals surface area contributed by atoms with Crippen molar-refractivity contribution < 1.29 is 14.7 Å². The van der Waals surface area contributed by atoms with E-state index in [9.17, 15) is 9.59 Å². The monoisotopic (exact) mass is 322 g/mol. The largest absolute Gasteiger partial charge is 0.478 e. The maximum absolute atomic E-state index is 11.8. The lowest BCUT2D eigenvalue weighted by atomic mass is 10.3. The van der Waals surface area contributed by atoms with Crippen LogP contribution in [0, 0.1) is 0 Å². The summed E-state index contributed by atoms with van der Waals surface area (Å²) in [4.78, 5) is 27.7. The van der Waals surface area contributed by atoms with Gasteiger partial charge in [-0.15, -0.1) is 11.3 Å². The first-order valence-corrected chi connectivity index (χ1v) is 8.07. The predicted octanol–water partition coefficient (Wildman–Crippen LogP) is 2.81. The molecule has 0 aliphatic rings. The second kappa shape index (κ2) is 7.24. The zero-order valence-corrected chi connectivity index (χ0v) is 12.9. The van der Waals surface area contributed by atoms with Crippen molar-refractivity contribution in [3.05, 3.63) is 46.3 Å². The molecule has 0 spiro atoms. The topological polar surface area (TPSA) is 79.3 Å². The summed E-state index contributed by atoms with van der Waals surface area (Å²) < 4.78 is 0. The number of hydrogen-bond acceptors (Lipinski definition) is 5. The molecule has 2 rings (SSSR count). The number of carboxylic acids is 1. The first kappa shape index (κ1) is 15.5. The fourth-order valence-corrected chi connectivity index (χ4v) is 3.01. The minimum atomic E-state index is -1.01. The number of aromatic nitrogens is 1. The van der Waals surface area contributed by atoms with E-state index in [2.05, 4.69) is 10.3 Å². The molecule has 110 valence electrons. The lowest BCUT2D eigenvalue weighted by Crippen LogP contribution is -2.27. The van der Waals surface area contributed by atoms with Crippen molar-refractivity contribution in [3.63, 3.8) is 0 Å². The number of nitrogens with zero attached hydrogens (tertiary/aromatic N) is 1. The third-order valence-electron chi connectivity index (χ3n) is 2.68. The van der Waals surface area contributed by atoms with E-state index in [0.717, 1.165) is 4.88 Å². The number of carboxylic acid groups (broad SMARTS) is 1. The van der Waals surface area contributed by atoms with E-state index in [-0.39, 0.29) is 23.3 Å². The molecule has 0 radical (unpaired) electrons. The van der Waals surface area contributed by atoms with Crippen molar-refractivity contribution in [1.82, 2.24) is 10.3 Å². The molecule has 2 aromatic rings. The highest BCUT2D eigenvalue weighted by Crippen LogP contribution is 2.19. The van der Waals surface area contributed by atoms with E-state index in [4.69, 9.17) is 5.11 Å². The van der Waals surface area contributed by atoms with Gasteiger partial charge in [0.1, 0.15) is 0 Å². The van der Waals surface area contributed by atoms with Crippen molar-refractivity contribution in [1.29, 1.82) is 0 Å². The van der Waals surface area contributed by atoms with Crippen LogP contribution in [0.15, 0.2) is 40.9 Å². The lowest BCUT2D eigenvalue weighted by Gasteiger charge is -2.11. The molecule has 0 aliphatic carbocycles. The average Bonchev–Trinajstić information content (AvgIpc) is 3.00. The zero-order valence-electron chi connectivity index (χ0n) is 11.3. The number of thioether (sulfide) groups is 1. The number of nitrogens with one attached hydrogen (secondary N) is 1.